The van der Waals surface area contributed by atoms with Crippen LogP contribution in [0.25, 0.3) is 0 Å². The van der Waals surface area contributed by atoms with Crippen LogP contribution < -0.4 is 5.73 Å². The van der Waals surface area contributed by atoms with E-state index >= 15 is 0 Å². The summed E-state index contributed by atoms with van der Waals surface area (Å²) >= 11 is 5.88. The molecule has 0 bridgehead atoms. The van der Waals surface area contributed by atoms with E-state index in [0.717, 1.165) is 0 Å². The van der Waals surface area contributed by atoms with Gasteiger partial charge in [-0.2, -0.15) is 0 Å². The molecule has 0 aliphatic heterocycles. The minimum atomic E-state index is -0.147. The highest BCUT2D eigenvalue weighted by molar-refractivity contribution is 6.30. The smallest absolute Gasteiger partial charge is 0.120 e. The summed E-state index contributed by atoms with van der Waals surface area (Å²) in [5.41, 5.74) is 6.36. The minimum Gasteiger partial charge on any atom is -0.508 e. The first-order chi connectivity index (χ1) is 7.60. The molecule has 0 saturated heterocycles. The Morgan fingerprint density at radius 1 is 1.50 bits per heavy atom. The van der Waals surface area contributed by atoms with Crippen LogP contribution in [0, 0.1) is 0 Å². The van der Waals surface area contributed by atoms with Gasteiger partial charge in [0.1, 0.15) is 5.75 Å². The molecule has 1 aromatic carbocycles. The highest BCUT2D eigenvalue weighted by atomic mass is 35.5. The van der Waals surface area contributed by atoms with Gasteiger partial charge in [0.15, 0.2) is 0 Å². The zero-order valence-electron chi connectivity index (χ0n) is 9.23. The number of halogens is 1. The Morgan fingerprint density at radius 2 is 2.19 bits per heavy atom. The summed E-state index contributed by atoms with van der Waals surface area (Å²) in [6.07, 6.45) is 0. The SMILES string of the molecule is CN(CCO)C(CN)c1cc(Cl)ccc1O. The van der Waals surface area contributed by atoms with E-state index in [2.05, 4.69) is 0 Å². The number of hydrogen-bond acceptors (Lipinski definition) is 4. The fourth-order valence-electron chi connectivity index (χ4n) is 1.65. The number of aliphatic hydroxyl groups is 1. The fourth-order valence-corrected chi connectivity index (χ4v) is 1.83. The van der Waals surface area contributed by atoms with Crippen molar-refractivity contribution in [2.45, 2.75) is 6.04 Å². The Kier molecular flexibility index (Phi) is 5.02. The molecule has 0 heterocycles. The monoisotopic (exact) mass is 244 g/mol. The highest BCUT2D eigenvalue weighted by Gasteiger charge is 2.18. The predicted molar refractivity (Wildman–Crippen MR) is 64.6 cm³/mol. The van der Waals surface area contributed by atoms with Crippen molar-refractivity contribution < 1.29 is 10.2 Å². The zero-order valence-corrected chi connectivity index (χ0v) is 9.98. The minimum absolute atomic E-state index is 0.0499. The van der Waals surface area contributed by atoms with E-state index in [1.54, 1.807) is 18.2 Å². The molecular weight excluding hydrogens is 228 g/mol. The van der Waals surface area contributed by atoms with Gasteiger partial charge in [0, 0.05) is 23.7 Å². The molecular formula is C11H17ClN2O2. The van der Waals surface area contributed by atoms with Gasteiger partial charge in [-0.25, -0.2) is 0 Å². The summed E-state index contributed by atoms with van der Waals surface area (Å²) in [6.45, 7) is 0.895. The molecule has 5 heteroatoms. The standard InChI is InChI=1S/C11H17ClN2O2/c1-14(4-5-15)10(7-13)9-6-8(12)2-3-11(9)16/h2-3,6,10,15-16H,4-5,7,13H2,1H3. The second-order valence-corrected chi connectivity index (χ2v) is 4.10. The third kappa shape index (κ3) is 3.09. The number of aliphatic hydroxyl groups excluding tert-OH is 1. The Hall–Kier alpha value is -0.810. The number of phenols is 1. The maximum atomic E-state index is 9.75. The summed E-state index contributed by atoms with van der Waals surface area (Å²) in [5.74, 6) is 0.171. The Balaban J connectivity index is 2.98. The summed E-state index contributed by atoms with van der Waals surface area (Å²) in [6, 6.07) is 4.72. The summed E-state index contributed by atoms with van der Waals surface area (Å²) in [5, 5.41) is 19.2. The van der Waals surface area contributed by atoms with Crippen molar-refractivity contribution in [3.8, 4) is 5.75 Å². The highest BCUT2D eigenvalue weighted by Crippen LogP contribution is 2.29. The molecule has 0 aromatic heterocycles. The number of hydrogen-bond donors (Lipinski definition) is 3. The summed E-state index contributed by atoms with van der Waals surface area (Å²) < 4.78 is 0. The van der Waals surface area contributed by atoms with Gasteiger partial charge < -0.3 is 15.9 Å². The summed E-state index contributed by atoms with van der Waals surface area (Å²) in [7, 11) is 1.84. The van der Waals surface area contributed by atoms with E-state index in [4.69, 9.17) is 22.4 Å². The molecule has 4 nitrogen and oxygen atoms in total. The van der Waals surface area contributed by atoms with Crippen LogP contribution in [0.5, 0.6) is 5.75 Å². The summed E-state index contributed by atoms with van der Waals surface area (Å²) in [4.78, 5) is 1.88. The van der Waals surface area contributed by atoms with Crippen molar-refractivity contribution in [3.63, 3.8) is 0 Å². The molecule has 0 radical (unpaired) electrons. The first-order valence-electron chi connectivity index (χ1n) is 5.09. The van der Waals surface area contributed by atoms with Gasteiger partial charge in [-0.05, 0) is 25.2 Å². The normalized spacial score (nSPS) is 13.1. The third-order valence-corrected chi connectivity index (χ3v) is 2.79. The van der Waals surface area contributed by atoms with Gasteiger partial charge in [0.25, 0.3) is 0 Å². The maximum Gasteiger partial charge on any atom is 0.120 e. The van der Waals surface area contributed by atoms with Gasteiger partial charge in [0.2, 0.25) is 0 Å². The molecule has 0 fully saturated rings. The molecule has 90 valence electrons. The van der Waals surface area contributed by atoms with E-state index < -0.39 is 0 Å². The fraction of sp³-hybridized carbons (Fsp3) is 0.455. The molecule has 16 heavy (non-hydrogen) atoms. The van der Waals surface area contributed by atoms with Gasteiger partial charge >= 0.3 is 0 Å². The molecule has 1 rings (SSSR count). The lowest BCUT2D eigenvalue weighted by Crippen LogP contribution is -2.32. The van der Waals surface area contributed by atoms with Gasteiger partial charge in [0.05, 0.1) is 12.6 Å². The number of likely N-dealkylation sites (N-methyl/N-ethyl adjacent to an activating group) is 1. The van der Waals surface area contributed by atoms with Crippen LogP contribution in [0.4, 0.5) is 0 Å². The molecule has 1 unspecified atom stereocenters. The lowest BCUT2D eigenvalue weighted by Gasteiger charge is -2.27. The Morgan fingerprint density at radius 3 is 2.75 bits per heavy atom. The number of benzene rings is 1. The molecule has 0 aliphatic carbocycles. The van der Waals surface area contributed by atoms with Crippen LogP contribution in [0.3, 0.4) is 0 Å². The lowest BCUT2D eigenvalue weighted by molar-refractivity contribution is 0.181. The van der Waals surface area contributed by atoms with Gasteiger partial charge in [-0.3, -0.25) is 4.90 Å². The predicted octanol–water partition coefficient (Wildman–Crippen LogP) is 0.970. The first kappa shape index (κ1) is 13.3. The molecule has 1 aromatic rings. The van der Waals surface area contributed by atoms with E-state index in [1.165, 1.54) is 0 Å². The topological polar surface area (TPSA) is 69.7 Å². The number of nitrogens with two attached hydrogens (primary N) is 1. The average Bonchev–Trinajstić information content (AvgIpc) is 2.24. The Labute approximate surface area is 100 Å². The molecule has 0 aliphatic rings. The lowest BCUT2D eigenvalue weighted by atomic mass is 10.0. The van der Waals surface area contributed by atoms with Crippen LogP contribution in [0.2, 0.25) is 5.02 Å². The van der Waals surface area contributed by atoms with Crippen molar-refractivity contribution in [2.24, 2.45) is 5.73 Å². The molecule has 0 saturated carbocycles. The second kappa shape index (κ2) is 6.06. The van der Waals surface area contributed by atoms with E-state index in [9.17, 15) is 5.11 Å². The molecule has 1 atom stereocenters. The van der Waals surface area contributed by atoms with Gasteiger partial charge in [-0.1, -0.05) is 11.6 Å². The number of phenolic OH excluding ortho intramolecular Hbond substituents is 1. The van der Waals surface area contributed by atoms with Crippen LogP contribution in [0.15, 0.2) is 18.2 Å². The molecule has 0 amide bonds. The number of aromatic hydroxyl groups is 1. The van der Waals surface area contributed by atoms with Crippen LogP contribution in [0.1, 0.15) is 11.6 Å². The van der Waals surface area contributed by atoms with Crippen LogP contribution >= 0.6 is 11.6 Å². The molecule has 4 N–H and O–H groups in total. The van der Waals surface area contributed by atoms with E-state index in [1.807, 2.05) is 11.9 Å². The third-order valence-electron chi connectivity index (χ3n) is 2.56. The van der Waals surface area contributed by atoms with E-state index in [-0.39, 0.29) is 18.4 Å². The maximum absolute atomic E-state index is 9.75. The van der Waals surface area contributed by atoms with Crippen molar-refractivity contribution in [3.05, 3.63) is 28.8 Å². The average molecular weight is 245 g/mol. The van der Waals surface area contributed by atoms with E-state index in [0.29, 0.717) is 23.7 Å². The zero-order chi connectivity index (χ0) is 12.1. The van der Waals surface area contributed by atoms with Gasteiger partial charge in [-0.15, -0.1) is 0 Å². The first-order valence-corrected chi connectivity index (χ1v) is 5.47. The van der Waals surface area contributed by atoms with Crippen LogP contribution in [-0.4, -0.2) is 41.9 Å². The van der Waals surface area contributed by atoms with Crippen molar-refractivity contribution >= 4 is 11.6 Å². The quantitative estimate of drug-likeness (QED) is 0.722. The van der Waals surface area contributed by atoms with Crippen molar-refractivity contribution in [1.29, 1.82) is 0 Å². The van der Waals surface area contributed by atoms with Crippen LogP contribution in [-0.2, 0) is 0 Å². The largest absolute Gasteiger partial charge is 0.508 e. The number of rotatable bonds is 5. The van der Waals surface area contributed by atoms with Crippen molar-refractivity contribution in [2.75, 3.05) is 26.7 Å². The second-order valence-electron chi connectivity index (χ2n) is 3.66. The number of nitrogens with zero attached hydrogens (tertiary/aromatic N) is 1. The Bertz CT molecular complexity index is 347. The van der Waals surface area contributed by atoms with Crippen molar-refractivity contribution in [1.82, 2.24) is 4.90 Å². The molecule has 0 spiro atoms.